The number of thioether (sulfide) groups is 1. The molecule has 0 aromatic heterocycles. The van der Waals surface area contributed by atoms with E-state index in [2.05, 4.69) is 24.4 Å². The molecule has 1 aromatic carbocycles. The van der Waals surface area contributed by atoms with E-state index >= 15 is 0 Å². The van der Waals surface area contributed by atoms with Crippen molar-refractivity contribution >= 4 is 23.4 Å². The minimum atomic E-state index is -0.424. The van der Waals surface area contributed by atoms with Gasteiger partial charge < -0.3 is 0 Å². The quantitative estimate of drug-likeness (QED) is 0.797. The summed E-state index contributed by atoms with van der Waals surface area (Å²) in [6.45, 7) is 4.16. The van der Waals surface area contributed by atoms with Crippen LogP contribution in [0.2, 0.25) is 5.02 Å². The zero-order valence-corrected chi connectivity index (χ0v) is 12.9. The molecule has 0 heterocycles. The molecule has 1 saturated carbocycles. The molecule has 2 atom stereocenters. The molecule has 0 bridgehead atoms. The standard InChI is InChI=1S/C15H19ClN2S/c1-11(19-14-5-3-4-12(16)8-14)9-15(2,10-17)18-13-6-7-13/h3-5,8,11,13,18H,6-7,9H2,1-2H3. The molecule has 1 aromatic rings. The van der Waals surface area contributed by atoms with Crippen molar-refractivity contribution in [1.82, 2.24) is 5.32 Å². The van der Waals surface area contributed by atoms with Crippen LogP contribution in [0, 0.1) is 11.3 Å². The number of hydrogen-bond donors (Lipinski definition) is 1. The maximum Gasteiger partial charge on any atom is 0.105 e. The minimum absolute atomic E-state index is 0.370. The summed E-state index contributed by atoms with van der Waals surface area (Å²) in [7, 11) is 0. The summed E-state index contributed by atoms with van der Waals surface area (Å²) in [5.74, 6) is 0. The van der Waals surface area contributed by atoms with E-state index in [4.69, 9.17) is 11.6 Å². The molecule has 1 aliphatic rings. The largest absolute Gasteiger partial charge is 0.297 e. The number of nitriles is 1. The van der Waals surface area contributed by atoms with Gasteiger partial charge in [0, 0.05) is 21.2 Å². The second-order valence-corrected chi connectivity index (χ2v) is 7.40. The number of benzene rings is 1. The van der Waals surface area contributed by atoms with Crippen molar-refractivity contribution in [2.45, 2.75) is 54.8 Å². The van der Waals surface area contributed by atoms with Gasteiger partial charge in [-0.05, 0) is 44.4 Å². The molecule has 0 aliphatic heterocycles. The van der Waals surface area contributed by atoms with E-state index < -0.39 is 5.54 Å². The third-order valence-corrected chi connectivity index (χ3v) is 4.51. The Labute approximate surface area is 124 Å². The molecule has 0 amide bonds. The maximum atomic E-state index is 9.38. The molecule has 1 N–H and O–H groups in total. The maximum absolute atomic E-state index is 9.38. The molecular formula is C15H19ClN2S. The third-order valence-electron chi connectivity index (χ3n) is 3.18. The highest BCUT2D eigenvalue weighted by Crippen LogP contribution is 2.31. The lowest BCUT2D eigenvalue weighted by Crippen LogP contribution is -2.44. The molecule has 0 radical (unpaired) electrons. The summed E-state index contributed by atoms with van der Waals surface area (Å²) < 4.78 is 0. The molecule has 1 fully saturated rings. The van der Waals surface area contributed by atoms with Gasteiger partial charge in [-0.1, -0.05) is 24.6 Å². The molecule has 19 heavy (non-hydrogen) atoms. The summed E-state index contributed by atoms with van der Waals surface area (Å²) >= 11 is 7.76. The highest BCUT2D eigenvalue weighted by molar-refractivity contribution is 8.00. The van der Waals surface area contributed by atoms with Gasteiger partial charge in [-0.3, -0.25) is 5.32 Å². The van der Waals surface area contributed by atoms with Gasteiger partial charge >= 0.3 is 0 Å². The lowest BCUT2D eigenvalue weighted by atomic mass is 9.98. The Balaban J connectivity index is 1.92. The van der Waals surface area contributed by atoms with Crippen LogP contribution in [-0.2, 0) is 0 Å². The predicted octanol–water partition coefficient (Wildman–Crippen LogP) is 4.24. The van der Waals surface area contributed by atoms with Crippen molar-refractivity contribution in [2.24, 2.45) is 0 Å². The average Bonchev–Trinajstić information content (AvgIpc) is 3.12. The zero-order chi connectivity index (χ0) is 13.9. The Bertz CT molecular complexity index is 481. The average molecular weight is 295 g/mol. The van der Waals surface area contributed by atoms with Crippen molar-refractivity contribution in [2.75, 3.05) is 0 Å². The van der Waals surface area contributed by atoms with E-state index in [-0.39, 0.29) is 0 Å². The highest BCUT2D eigenvalue weighted by atomic mass is 35.5. The van der Waals surface area contributed by atoms with E-state index in [0.29, 0.717) is 11.3 Å². The topological polar surface area (TPSA) is 35.8 Å². The Morgan fingerprint density at radius 2 is 2.32 bits per heavy atom. The number of rotatable bonds is 6. The summed E-state index contributed by atoms with van der Waals surface area (Å²) in [6.07, 6.45) is 3.23. The molecule has 1 aliphatic carbocycles. The predicted molar refractivity (Wildman–Crippen MR) is 81.6 cm³/mol. The second kappa shape index (κ2) is 6.17. The molecular weight excluding hydrogens is 276 g/mol. The van der Waals surface area contributed by atoms with E-state index in [1.807, 2.05) is 25.1 Å². The summed E-state index contributed by atoms with van der Waals surface area (Å²) in [5, 5.41) is 14.0. The molecule has 2 nitrogen and oxygen atoms in total. The van der Waals surface area contributed by atoms with Crippen LogP contribution in [0.25, 0.3) is 0 Å². The van der Waals surface area contributed by atoms with E-state index in [1.54, 1.807) is 11.8 Å². The first-order valence-electron chi connectivity index (χ1n) is 6.62. The van der Waals surface area contributed by atoms with E-state index in [0.717, 1.165) is 16.3 Å². The van der Waals surface area contributed by atoms with Crippen LogP contribution in [0.4, 0.5) is 0 Å². The minimum Gasteiger partial charge on any atom is -0.297 e. The van der Waals surface area contributed by atoms with Crippen LogP contribution in [0.1, 0.15) is 33.1 Å². The highest BCUT2D eigenvalue weighted by Gasteiger charge is 2.33. The Morgan fingerprint density at radius 1 is 1.58 bits per heavy atom. The van der Waals surface area contributed by atoms with Crippen molar-refractivity contribution < 1.29 is 0 Å². The van der Waals surface area contributed by atoms with E-state index in [9.17, 15) is 5.26 Å². The number of nitrogens with zero attached hydrogens (tertiary/aromatic N) is 1. The molecule has 2 unspecified atom stereocenters. The lowest BCUT2D eigenvalue weighted by Gasteiger charge is -2.26. The van der Waals surface area contributed by atoms with E-state index in [1.165, 1.54) is 12.8 Å². The smallest absolute Gasteiger partial charge is 0.105 e. The van der Waals surface area contributed by atoms with Gasteiger partial charge in [0.25, 0.3) is 0 Å². The first-order valence-corrected chi connectivity index (χ1v) is 7.88. The van der Waals surface area contributed by atoms with Crippen LogP contribution < -0.4 is 5.32 Å². The van der Waals surface area contributed by atoms with Gasteiger partial charge in [0.1, 0.15) is 5.54 Å². The van der Waals surface area contributed by atoms with Crippen LogP contribution in [0.15, 0.2) is 29.2 Å². The summed E-state index contributed by atoms with van der Waals surface area (Å²) in [4.78, 5) is 1.16. The first kappa shape index (κ1) is 14.7. The monoisotopic (exact) mass is 294 g/mol. The summed E-state index contributed by atoms with van der Waals surface area (Å²) in [5.41, 5.74) is -0.424. The normalized spacial score (nSPS) is 19.5. The first-order chi connectivity index (χ1) is 9.00. The van der Waals surface area contributed by atoms with Gasteiger partial charge in [-0.2, -0.15) is 5.26 Å². The zero-order valence-electron chi connectivity index (χ0n) is 11.3. The molecule has 0 spiro atoms. The van der Waals surface area contributed by atoms with Gasteiger partial charge in [-0.15, -0.1) is 11.8 Å². The van der Waals surface area contributed by atoms with Crippen molar-refractivity contribution in [1.29, 1.82) is 5.26 Å². The Kier molecular flexibility index (Phi) is 4.78. The van der Waals surface area contributed by atoms with Crippen LogP contribution >= 0.6 is 23.4 Å². The second-order valence-electron chi connectivity index (χ2n) is 5.45. The van der Waals surface area contributed by atoms with Crippen LogP contribution in [0.5, 0.6) is 0 Å². The third kappa shape index (κ3) is 4.72. The Hall–Kier alpha value is -0.690. The number of nitrogens with one attached hydrogen (secondary N) is 1. The van der Waals surface area contributed by atoms with Crippen LogP contribution in [0.3, 0.4) is 0 Å². The lowest BCUT2D eigenvalue weighted by molar-refractivity contribution is 0.415. The van der Waals surface area contributed by atoms with Gasteiger partial charge in [0.2, 0.25) is 0 Å². The van der Waals surface area contributed by atoms with Crippen molar-refractivity contribution in [3.63, 3.8) is 0 Å². The van der Waals surface area contributed by atoms with Gasteiger partial charge in [0.05, 0.1) is 6.07 Å². The Morgan fingerprint density at radius 3 is 2.89 bits per heavy atom. The van der Waals surface area contributed by atoms with Crippen molar-refractivity contribution in [3.05, 3.63) is 29.3 Å². The molecule has 2 rings (SSSR count). The fourth-order valence-electron chi connectivity index (χ4n) is 2.20. The number of hydrogen-bond acceptors (Lipinski definition) is 3. The van der Waals surface area contributed by atoms with Crippen LogP contribution in [-0.4, -0.2) is 16.8 Å². The fourth-order valence-corrected chi connectivity index (χ4v) is 3.69. The van der Waals surface area contributed by atoms with Crippen molar-refractivity contribution in [3.8, 4) is 6.07 Å². The fraction of sp³-hybridized carbons (Fsp3) is 0.533. The summed E-state index contributed by atoms with van der Waals surface area (Å²) in [6, 6.07) is 10.9. The van der Waals surface area contributed by atoms with Gasteiger partial charge in [0.15, 0.2) is 0 Å². The molecule has 4 heteroatoms. The number of halogens is 1. The van der Waals surface area contributed by atoms with Gasteiger partial charge in [-0.25, -0.2) is 0 Å². The molecule has 0 saturated heterocycles. The molecule has 102 valence electrons. The SMILES string of the molecule is CC(CC(C)(C#N)NC1CC1)Sc1cccc(Cl)c1.